The highest BCUT2D eigenvalue weighted by Crippen LogP contribution is 2.33. The van der Waals surface area contributed by atoms with Crippen LogP contribution >= 0.6 is 0 Å². The van der Waals surface area contributed by atoms with Gasteiger partial charge in [0, 0.05) is 18.8 Å². The Labute approximate surface area is 120 Å². The normalized spacial score (nSPS) is 22.6. The van der Waals surface area contributed by atoms with Gasteiger partial charge in [-0.3, -0.25) is 0 Å². The highest BCUT2D eigenvalue weighted by atomic mass is 15.1. The zero-order chi connectivity index (χ0) is 13.6. The van der Waals surface area contributed by atoms with E-state index in [2.05, 4.69) is 45.8 Å². The summed E-state index contributed by atoms with van der Waals surface area (Å²) in [5, 5.41) is 11.8. The van der Waals surface area contributed by atoms with Crippen LogP contribution < -0.4 is 5.32 Å². The van der Waals surface area contributed by atoms with Crippen LogP contribution in [0.4, 0.5) is 0 Å². The first kappa shape index (κ1) is 13.3. The summed E-state index contributed by atoms with van der Waals surface area (Å²) in [5.74, 6) is 0.627. The SMILES string of the molecule is c1ccc(C2CCCCC2NCc2cccnn2)cc1. The molecule has 1 aromatic heterocycles. The molecule has 0 aliphatic heterocycles. The monoisotopic (exact) mass is 267 g/mol. The molecule has 20 heavy (non-hydrogen) atoms. The fourth-order valence-corrected chi connectivity index (χ4v) is 3.14. The summed E-state index contributed by atoms with van der Waals surface area (Å²) in [6, 6.07) is 15.4. The van der Waals surface area contributed by atoms with Crippen molar-refractivity contribution in [3.05, 3.63) is 59.9 Å². The molecular formula is C17H21N3. The maximum atomic E-state index is 4.15. The molecule has 3 heteroatoms. The number of rotatable bonds is 4. The van der Waals surface area contributed by atoms with E-state index in [0.29, 0.717) is 12.0 Å². The van der Waals surface area contributed by atoms with Gasteiger partial charge < -0.3 is 5.32 Å². The van der Waals surface area contributed by atoms with E-state index in [-0.39, 0.29) is 0 Å². The minimum absolute atomic E-state index is 0.549. The van der Waals surface area contributed by atoms with Gasteiger partial charge in [-0.15, -0.1) is 0 Å². The molecule has 1 fully saturated rings. The first-order valence-corrected chi connectivity index (χ1v) is 7.48. The smallest absolute Gasteiger partial charge is 0.0769 e. The minimum Gasteiger partial charge on any atom is -0.308 e. The molecule has 2 atom stereocenters. The van der Waals surface area contributed by atoms with E-state index in [9.17, 15) is 0 Å². The molecule has 104 valence electrons. The molecule has 2 unspecified atom stereocenters. The molecule has 3 nitrogen and oxygen atoms in total. The summed E-state index contributed by atoms with van der Waals surface area (Å²) in [4.78, 5) is 0. The van der Waals surface area contributed by atoms with E-state index in [1.165, 1.54) is 31.2 Å². The van der Waals surface area contributed by atoms with Crippen molar-refractivity contribution in [2.75, 3.05) is 0 Å². The molecule has 1 saturated carbocycles. The van der Waals surface area contributed by atoms with Crippen LogP contribution in [0, 0.1) is 0 Å². The van der Waals surface area contributed by atoms with Crippen LogP contribution in [0.2, 0.25) is 0 Å². The fraction of sp³-hybridized carbons (Fsp3) is 0.412. The second-order valence-corrected chi connectivity index (χ2v) is 5.50. The van der Waals surface area contributed by atoms with E-state index in [0.717, 1.165) is 12.2 Å². The summed E-state index contributed by atoms with van der Waals surface area (Å²) >= 11 is 0. The second-order valence-electron chi connectivity index (χ2n) is 5.50. The molecule has 1 aliphatic rings. The topological polar surface area (TPSA) is 37.8 Å². The Bertz CT molecular complexity index is 512. The molecule has 0 radical (unpaired) electrons. The van der Waals surface area contributed by atoms with E-state index >= 15 is 0 Å². The molecular weight excluding hydrogens is 246 g/mol. The number of aromatic nitrogens is 2. The predicted octanol–water partition coefficient (Wildman–Crippen LogP) is 3.29. The number of hydrogen-bond donors (Lipinski definition) is 1. The number of benzene rings is 1. The maximum absolute atomic E-state index is 4.15. The summed E-state index contributed by atoms with van der Waals surface area (Å²) in [6.45, 7) is 0.807. The van der Waals surface area contributed by atoms with Gasteiger partial charge in [0.05, 0.1) is 5.69 Å². The van der Waals surface area contributed by atoms with Crippen molar-refractivity contribution in [2.45, 2.75) is 44.2 Å². The molecule has 2 aromatic rings. The zero-order valence-corrected chi connectivity index (χ0v) is 11.7. The lowest BCUT2D eigenvalue weighted by Gasteiger charge is -2.32. The van der Waals surface area contributed by atoms with Crippen LogP contribution in [-0.2, 0) is 6.54 Å². The van der Waals surface area contributed by atoms with Crippen LogP contribution in [0.25, 0.3) is 0 Å². The third kappa shape index (κ3) is 3.23. The van der Waals surface area contributed by atoms with Crippen LogP contribution in [0.1, 0.15) is 42.9 Å². The maximum Gasteiger partial charge on any atom is 0.0769 e. The summed E-state index contributed by atoms with van der Waals surface area (Å²) < 4.78 is 0. The van der Waals surface area contributed by atoms with Crippen LogP contribution in [0.3, 0.4) is 0 Å². The van der Waals surface area contributed by atoms with Gasteiger partial charge >= 0.3 is 0 Å². The van der Waals surface area contributed by atoms with Crippen molar-refractivity contribution in [1.29, 1.82) is 0 Å². The Morgan fingerprint density at radius 2 is 1.85 bits per heavy atom. The number of nitrogens with one attached hydrogen (secondary N) is 1. The van der Waals surface area contributed by atoms with Gasteiger partial charge in [-0.1, -0.05) is 43.2 Å². The van der Waals surface area contributed by atoms with E-state index in [4.69, 9.17) is 0 Å². The lowest BCUT2D eigenvalue weighted by molar-refractivity contribution is 0.325. The van der Waals surface area contributed by atoms with Crippen LogP contribution in [-0.4, -0.2) is 16.2 Å². The van der Waals surface area contributed by atoms with E-state index in [1.54, 1.807) is 6.20 Å². The van der Waals surface area contributed by atoms with Gasteiger partial charge in [0.1, 0.15) is 0 Å². The second kappa shape index (κ2) is 6.62. The molecule has 1 heterocycles. The molecule has 0 spiro atoms. The van der Waals surface area contributed by atoms with Gasteiger partial charge in [-0.25, -0.2) is 0 Å². The first-order chi connectivity index (χ1) is 9.93. The van der Waals surface area contributed by atoms with E-state index in [1.807, 2.05) is 12.1 Å². The first-order valence-electron chi connectivity index (χ1n) is 7.48. The van der Waals surface area contributed by atoms with Crippen LogP contribution in [0.5, 0.6) is 0 Å². The molecule has 0 saturated heterocycles. The zero-order valence-electron chi connectivity index (χ0n) is 11.7. The van der Waals surface area contributed by atoms with Gasteiger partial charge in [-0.2, -0.15) is 10.2 Å². The minimum atomic E-state index is 0.549. The van der Waals surface area contributed by atoms with Crippen molar-refractivity contribution in [1.82, 2.24) is 15.5 Å². The fourth-order valence-electron chi connectivity index (χ4n) is 3.14. The number of nitrogens with zero attached hydrogens (tertiary/aromatic N) is 2. The average molecular weight is 267 g/mol. The summed E-state index contributed by atoms with van der Waals surface area (Å²) in [5.41, 5.74) is 2.48. The lowest BCUT2D eigenvalue weighted by atomic mass is 9.80. The Morgan fingerprint density at radius 3 is 2.65 bits per heavy atom. The van der Waals surface area contributed by atoms with Gasteiger partial charge in [-0.05, 0) is 36.5 Å². The molecule has 1 aromatic carbocycles. The Balaban J connectivity index is 1.67. The van der Waals surface area contributed by atoms with Gasteiger partial charge in [0.25, 0.3) is 0 Å². The van der Waals surface area contributed by atoms with Crippen molar-refractivity contribution in [2.24, 2.45) is 0 Å². The standard InChI is InChI=1S/C17H21N3/c1-2-7-14(8-3-1)16-10-4-5-11-17(16)18-13-15-9-6-12-19-20-15/h1-3,6-9,12,16-18H,4-5,10-11,13H2. The Hall–Kier alpha value is -1.74. The Morgan fingerprint density at radius 1 is 1.00 bits per heavy atom. The highest BCUT2D eigenvalue weighted by molar-refractivity contribution is 5.22. The van der Waals surface area contributed by atoms with Crippen molar-refractivity contribution in [3.8, 4) is 0 Å². The largest absolute Gasteiger partial charge is 0.308 e. The molecule has 0 bridgehead atoms. The summed E-state index contributed by atoms with van der Waals surface area (Å²) in [6.07, 6.45) is 6.91. The van der Waals surface area contributed by atoms with E-state index < -0.39 is 0 Å². The van der Waals surface area contributed by atoms with Gasteiger partial charge in [0.15, 0.2) is 0 Å². The molecule has 3 rings (SSSR count). The average Bonchev–Trinajstić information content (AvgIpc) is 2.55. The summed E-state index contributed by atoms with van der Waals surface area (Å²) in [7, 11) is 0. The molecule has 1 N–H and O–H groups in total. The lowest BCUT2D eigenvalue weighted by Crippen LogP contribution is -2.37. The van der Waals surface area contributed by atoms with Gasteiger partial charge in [0.2, 0.25) is 0 Å². The third-order valence-electron chi connectivity index (χ3n) is 4.17. The molecule has 1 aliphatic carbocycles. The van der Waals surface area contributed by atoms with Crippen LogP contribution in [0.15, 0.2) is 48.7 Å². The molecule has 0 amide bonds. The predicted molar refractivity (Wildman–Crippen MR) is 80.3 cm³/mol. The highest BCUT2D eigenvalue weighted by Gasteiger charge is 2.25. The quantitative estimate of drug-likeness (QED) is 0.923. The van der Waals surface area contributed by atoms with Crippen molar-refractivity contribution < 1.29 is 0 Å². The third-order valence-corrected chi connectivity index (χ3v) is 4.17. The number of hydrogen-bond acceptors (Lipinski definition) is 3. The Kier molecular flexibility index (Phi) is 4.38. The van der Waals surface area contributed by atoms with Crippen molar-refractivity contribution in [3.63, 3.8) is 0 Å². The van der Waals surface area contributed by atoms with Crippen molar-refractivity contribution >= 4 is 0 Å².